The normalized spacial score (nSPS) is 21.7. The monoisotopic (exact) mass is 473 g/mol. The van der Waals surface area contributed by atoms with Crippen LogP contribution >= 0.6 is 0 Å². The molecule has 0 bridgehead atoms. The zero-order valence-corrected chi connectivity index (χ0v) is 23.1. The van der Waals surface area contributed by atoms with Crippen LogP contribution < -0.4 is 5.32 Å². The Balaban J connectivity index is 0.000000836. The number of nitrogens with one attached hydrogen (secondary N) is 1. The molecule has 1 aliphatic heterocycles. The number of nitrogens with zero attached hydrogens (tertiary/aromatic N) is 4. The molecule has 6 nitrogen and oxygen atoms in total. The minimum Gasteiger partial charge on any atom is -0.356 e. The summed E-state index contributed by atoms with van der Waals surface area (Å²) in [6, 6.07) is 1.30. The van der Waals surface area contributed by atoms with E-state index in [0.29, 0.717) is 30.0 Å². The molecule has 0 aromatic carbocycles. The van der Waals surface area contributed by atoms with E-state index >= 15 is 0 Å². The van der Waals surface area contributed by atoms with Crippen LogP contribution in [0.2, 0.25) is 0 Å². The van der Waals surface area contributed by atoms with Gasteiger partial charge >= 0.3 is 0 Å². The smallest absolute Gasteiger partial charge is 0.207 e. The maximum Gasteiger partial charge on any atom is 0.207 e. The topological polar surface area (TPSA) is 60.3 Å². The minimum atomic E-state index is 0.339. The highest BCUT2D eigenvalue weighted by Gasteiger charge is 2.37. The lowest BCUT2D eigenvalue weighted by Crippen LogP contribution is -2.44. The van der Waals surface area contributed by atoms with Gasteiger partial charge in [0.15, 0.2) is 0 Å². The van der Waals surface area contributed by atoms with Crippen molar-refractivity contribution in [1.29, 1.82) is 0 Å². The lowest BCUT2D eigenvalue weighted by molar-refractivity contribution is -0.110. The van der Waals surface area contributed by atoms with Gasteiger partial charge in [0.1, 0.15) is 0 Å². The average Bonchev–Trinajstić information content (AvgIpc) is 3.21. The summed E-state index contributed by atoms with van der Waals surface area (Å²) in [5.74, 6) is 1.11. The van der Waals surface area contributed by atoms with Crippen LogP contribution in [-0.4, -0.2) is 60.0 Å². The summed E-state index contributed by atoms with van der Waals surface area (Å²) in [6.07, 6.45) is 13.2. The molecule has 0 spiro atoms. The lowest BCUT2D eigenvalue weighted by Gasteiger charge is -2.35. The molecule has 3 atom stereocenters. The Morgan fingerprint density at radius 3 is 2.44 bits per heavy atom. The highest BCUT2D eigenvalue weighted by Crippen LogP contribution is 2.33. The van der Waals surface area contributed by atoms with E-state index in [2.05, 4.69) is 86.2 Å². The molecule has 0 aromatic heterocycles. The number of rotatable bonds is 10. The number of aliphatic imine (C=N–C) groups is 1. The van der Waals surface area contributed by atoms with Crippen LogP contribution in [0.4, 0.5) is 0 Å². The Morgan fingerprint density at radius 2 is 1.94 bits per heavy atom. The van der Waals surface area contributed by atoms with Gasteiger partial charge in [-0.25, -0.2) is 0 Å². The van der Waals surface area contributed by atoms with Gasteiger partial charge in [-0.1, -0.05) is 33.3 Å². The first-order valence-electron chi connectivity index (χ1n) is 12.8. The summed E-state index contributed by atoms with van der Waals surface area (Å²) < 4.78 is 0. The number of carbonyl (C=O) groups excluding carboxylic acids is 1. The largest absolute Gasteiger partial charge is 0.356 e. The standard InChI is InChI=1S/C18H32N4O.C8H15N.C2H4/c1-5-16-17(19-13-23)7-8-18(16)21(6-2)11-15-9-10-20-22(12-15)14(3)4;1-7(2)5-9-6-8(3)4;1-2/h10,12-14,16-18H,5-9,11H2,1-4H3,(H,19,23);5-7H,1-4H3;1-2H2. The summed E-state index contributed by atoms with van der Waals surface area (Å²) in [6.45, 7) is 25.2. The van der Waals surface area contributed by atoms with Crippen molar-refractivity contribution in [2.24, 2.45) is 21.9 Å². The highest BCUT2D eigenvalue weighted by molar-refractivity contribution is 5.62. The Hall–Kier alpha value is -2.21. The fourth-order valence-corrected chi connectivity index (χ4v) is 4.35. The van der Waals surface area contributed by atoms with Crippen LogP contribution in [0.15, 0.2) is 46.8 Å². The van der Waals surface area contributed by atoms with E-state index in [0.717, 1.165) is 38.8 Å². The van der Waals surface area contributed by atoms with Crippen molar-refractivity contribution in [3.8, 4) is 0 Å². The minimum absolute atomic E-state index is 0.339. The third kappa shape index (κ3) is 11.8. The molecule has 0 saturated heterocycles. The third-order valence-electron chi connectivity index (χ3n) is 5.95. The second kappa shape index (κ2) is 18.2. The van der Waals surface area contributed by atoms with Crippen LogP contribution in [0.25, 0.3) is 0 Å². The van der Waals surface area contributed by atoms with Crippen molar-refractivity contribution in [3.05, 3.63) is 36.7 Å². The molecule has 1 amide bonds. The zero-order chi connectivity index (χ0) is 26.1. The van der Waals surface area contributed by atoms with E-state index in [-0.39, 0.29) is 0 Å². The van der Waals surface area contributed by atoms with Gasteiger partial charge in [0.2, 0.25) is 6.41 Å². The molecule has 2 rings (SSSR count). The summed E-state index contributed by atoms with van der Waals surface area (Å²) >= 11 is 0. The Morgan fingerprint density at radius 1 is 1.26 bits per heavy atom. The zero-order valence-electron chi connectivity index (χ0n) is 23.1. The van der Waals surface area contributed by atoms with Crippen molar-refractivity contribution in [2.75, 3.05) is 13.1 Å². The Bertz CT molecular complexity index is 676. The number of carbonyl (C=O) groups is 1. The van der Waals surface area contributed by atoms with E-state index in [1.54, 1.807) is 0 Å². The molecule has 1 saturated carbocycles. The van der Waals surface area contributed by atoms with Gasteiger partial charge in [-0.05, 0) is 70.9 Å². The molecular weight excluding hydrogens is 422 g/mol. The van der Waals surface area contributed by atoms with Gasteiger partial charge in [0.05, 0.1) is 0 Å². The molecule has 2 aliphatic rings. The molecule has 1 fully saturated rings. The number of amides is 1. The quantitative estimate of drug-likeness (QED) is 0.239. The van der Waals surface area contributed by atoms with Gasteiger partial charge in [0, 0.05) is 55.9 Å². The third-order valence-corrected chi connectivity index (χ3v) is 5.95. The molecule has 0 aromatic rings. The summed E-state index contributed by atoms with van der Waals surface area (Å²) in [5.41, 5.74) is 2.67. The number of likely N-dealkylation sites (N-methyl/N-ethyl adjacent to an activating group) is 1. The van der Waals surface area contributed by atoms with Gasteiger partial charge in [0.25, 0.3) is 0 Å². The molecular formula is C28H51N5O. The first-order chi connectivity index (χ1) is 16.2. The fraction of sp³-hybridized carbons (Fsp3) is 0.679. The van der Waals surface area contributed by atoms with Crippen molar-refractivity contribution in [1.82, 2.24) is 15.2 Å². The first-order valence-corrected chi connectivity index (χ1v) is 12.8. The second-order valence-electron chi connectivity index (χ2n) is 9.68. The van der Waals surface area contributed by atoms with E-state index in [9.17, 15) is 4.79 Å². The first kappa shape index (κ1) is 31.8. The van der Waals surface area contributed by atoms with Crippen LogP contribution in [0.1, 0.15) is 81.1 Å². The summed E-state index contributed by atoms with van der Waals surface area (Å²) in [4.78, 5) is 17.5. The van der Waals surface area contributed by atoms with E-state index in [1.807, 2.05) is 32.5 Å². The summed E-state index contributed by atoms with van der Waals surface area (Å²) in [5, 5.41) is 9.52. The van der Waals surface area contributed by atoms with Gasteiger partial charge < -0.3 is 5.32 Å². The predicted molar refractivity (Wildman–Crippen MR) is 149 cm³/mol. The van der Waals surface area contributed by atoms with E-state index in [4.69, 9.17) is 0 Å². The number of hydrogen-bond acceptors (Lipinski definition) is 5. The molecule has 0 radical (unpaired) electrons. The average molecular weight is 474 g/mol. The number of hydrogen-bond donors (Lipinski definition) is 1. The Kier molecular flexibility index (Phi) is 17.0. The lowest BCUT2D eigenvalue weighted by atomic mass is 9.95. The van der Waals surface area contributed by atoms with Gasteiger partial charge in [-0.15, -0.1) is 13.2 Å². The fourth-order valence-electron chi connectivity index (χ4n) is 4.35. The molecule has 1 heterocycles. The molecule has 1 aliphatic carbocycles. The SMILES string of the molecule is C=C.CC(C)=CN=CC(C)C.CCC1C(NC=O)CCC1N(CC)CC1=CN(C(C)C)N=CC1. The van der Waals surface area contributed by atoms with E-state index in [1.165, 1.54) is 17.6 Å². The van der Waals surface area contributed by atoms with Gasteiger partial charge in [-0.2, -0.15) is 5.10 Å². The van der Waals surface area contributed by atoms with Crippen molar-refractivity contribution < 1.29 is 4.79 Å². The van der Waals surface area contributed by atoms with Gasteiger partial charge in [-0.3, -0.25) is 19.7 Å². The molecule has 194 valence electrons. The van der Waals surface area contributed by atoms with Crippen LogP contribution in [0, 0.1) is 11.8 Å². The van der Waals surface area contributed by atoms with Crippen molar-refractivity contribution >= 4 is 18.8 Å². The van der Waals surface area contributed by atoms with E-state index < -0.39 is 0 Å². The van der Waals surface area contributed by atoms with Crippen LogP contribution in [0.3, 0.4) is 0 Å². The van der Waals surface area contributed by atoms with Crippen LogP contribution in [-0.2, 0) is 4.79 Å². The number of allylic oxidation sites excluding steroid dienone is 1. The Labute approximate surface area is 210 Å². The molecule has 1 N–H and O–H groups in total. The maximum atomic E-state index is 10.8. The molecule has 6 heteroatoms. The maximum absolute atomic E-state index is 10.8. The highest BCUT2D eigenvalue weighted by atomic mass is 16.1. The predicted octanol–water partition coefficient (Wildman–Crippen LogP) is 6.03. The summed E-state index contributed by atoms with van der Waals surface area (Å²) in [7, 11) is 0. The molecule has 3 unspecified atom stereocenters. The van der Waals surface area contributed by atoms with Crippen molar-refractivity contribution in [2.45, 2.75) is 99.2 Å². The second-order valence-corrected chi connectivity index (χ2v) is 9.68. The molecule has 34 heavy (non-hydrogen) atoms. The van der Waals surface area contributed by atoms with Crippen molar-refractivity contribution in [3.63, 3.8) is 0 Å². The van der Waals surface area contributed by atoms with Crippen LogP contribution in [0.5, 0.6) is 0 Å². The number of hydrazone groups is 1.